The molecule has 2 aromatic rings. The summed E-state index contributed by atoms with van der Waals surface area (Å²) in [6.07, 6.45) is 2.72. The van der Waals surface area contributed by atoms with Crippen molar-refractivity contribution in [1.82, 2.24) is 10.3 Å². The summed E-state index contributed by atoms with van der Waals surface area (Å²) in [5.74, 6) is -0.0785. The average molecular weight is 254 g/mol. The third-order valence-corrected chi connectivity index (χ3v) is 3.14. The van der Waals surface area contributed by atoms with Gasteiger partial charge in [-0.2, -0.15) is 0 Å². The highest BCUT2D eigenvalue weighted by Crippen LogP contribution is 2.06. The second kappa shape index (κ2) is 6.14. The van der Waals surface area contributed by atoms with Crippen LogP contribution in [0.15, 0.2) is 42.6 Å². The number of carbonyl (C=O) groups excluding carboxylic acids is 1. The van der Waals surface area contributed by atoms with Gasteiger partial charge in [-0.15, -0.1) is 0 Å². The van der Waals surface area contributed by atoms with Gasteiger partial charge in [0.25, 0.3) is 5.91 Å². The zero-order valence-corrected chi connectivity index (χ0v) is 11.3. The molecule has 0 spiro atoms. The number of hydrogen-bond acceptors (Lipinski definition) is 2. The van der Waals surface area contributed by atoms with Gasteiger partial charge in [-0.3, -0.25) is 9.78 Å². The van der Waals surface area contributed by atoms with Gasteiger partial charge in [-0.25, -0.2) is 0 Å². The van der Waals surface area contributed by atoms with E-state index in [4.69, 9.17) is 0 Å². The molecule has 98 valence electrons. The molecule has 0 aliphatic carbocycles. The molecule has 1 amide bonds. The van der Waals surface area contributed by atoms with Crippen LogP contribution in [0.1, 0.15) is 34.1 Å². The van der Waals surface area contributed by atoms with Crippen LogP contribution in [0.3, 0.4) is 0 Å². The number of carbonyl (C=O) groups is 1. The van der Waals surface area contributed by atoms with Crippen molar-refractivity contribution in [2.24, 2.45) is 0 Å². The van der Waals surface area contributed by atoms with Crippen molar-refractivity contribution >= 4 is 5.91 Å². The van der Waals surface area contributed by atoms with Crippen molar-refractivity contribution in [2.45, 2.75) is 26.8 Å². The number of nitrogens with one attached hydrogen (secondary N) is 1. The van der Waals surface area contributed by atoms with Gasteiger partial charge in [-0.1, -0.05) is 31.2 Å². The van der Waals surface area contributed by atoms with Gasteiger partial charge in [0.05, 0.1) is 5.56 Å². The molecule has 1 aromatic carbocycles. The molecule has 0 radical (unpaired) electrons. The van der Waals surface area contributed by atoms with Crippen LogP contribution < -0.4 is 5.32 Å². The van der Waals surface area contributed by atoms with Gasteiger partial charge < -0.3 is 5.32 Å². The molecule has 0 aliphatic heterocycles. The van der Waals surface area contributed by atoms with Crippen molar-refractivity contribution in [3.63, 3.8) is 0 Å². The van der Waals surface area contributed by atoms with Gasteiger partial charge in [-0.05, 0) is 36.6 Å². The van der Waals surface area contributed by atoms with Crippen LogP contribution in [0.5, 0.6) is 0 Å². The molecule has 0 unspecified atom stereocenters. The van der Waals surface area contributed by atoms with Crippen molar-refractivity contribution < 1.29 is 4.79 Å². The standard InChI is InChI=1S/C16H18N2O/c1-3-13-6-8-14(9-7-13)11-18-16(19)15-5-4-10-17-12(15)2/h4-10H,3,11H2,1-2H3,(H,18,19). The topological polar surface area (TPSA) is 42.0 Å². The number of amides is 1. The molecule has 0 saturated carbocycles. The molecule has 0 saturated heterocycles. The number of aryl methyl sites for hydroxylation is 2. The molecule has 19 heavy (non-hydrogen) atoms. The number of pyridine rings is 1. The maximum atomic E-state index is 12.0. The van der Waals surface area contributed by atoms with Crippen molar-refractivity contribution in [3.05, 3.63) is 65.0 Å². The summed E-state index contributed by atoms with van der Waals surface area (Å²) in [6.45, 7) is 4.50. The minimum atomic E-state index is -0.0785. The SMILES string of the molecule is CCc1ccc(CNC(=O)c2cccnc2C)cc1. The van der Waals surface area contributed by atoms with Crippen LogP contribution in [0.25, 0.3) is 0 Å². The Bertz CT molecular complexity index is 561. The van der Waals surface area contributed by atoms with Crippen LogP contribution in [0.4, 0.5) is 0 Å². The summed E-state index contributed by atoms with van der Waals surface area (Å²) >= 11 is 0. The number of benzene rings is 1. The predicted molar refractivity (Wildman–Crippen MR) is 76.0 cm³/mol. The number of aromatic nitrogens is 1. The van der Waals surface area contributed by atoms with E-state index in [9.17, 15) is 4.79 Å². The first kappa shape index (κ1) is 13.3. The van der Waals surface area contributed by atoms with Gasteiger partial charge in [0.15, 0.2) is 0 Å². The molecular weight excluding hydrogens is 236 g/mol. The lowest BCUT2D eigenvalue weighted by Crippen LogP contribution is -2.23. The van der Waals surface area contributed by atoms with Crippen LogP contribution >= 0.6 is 0 Å². The normalized spacial score (nSPS) is 10.2. The number of hydrogen-bond donors (Lipinski definition) is 1. The number of rotatable bonds is 4. The quantitative estimate of drug-likeness (QED) is 0.911. The van der Waals surface area contributed by atoms with E-state index in [1.54, 1.807) is 18.3 Å². The van der Waals surface area contributed by atoms with Gasteiger partial charge >= 0.3 is 0 Å². The predicted octanol–water partition coefficient (Wildman–Crippen LogP) is 2.88. The van der Waals surface area contributed by atoms with Crippen LogP contribution in [0, 0.1) is 6.92 Å². The second-order valence-electron chi connectivity index (χ2n) is 4.49. The Hall–Kier alpha value is -2.16. The highest BCUT2D eigenvalue weighted by atomic mass is 16.1. The first-order valence-electron chi connectivity index (χ1n) is 6.48. The van der Waals surface area contributed by atoms with Crippen LogP contribution in [-0.2, 0) is 13.0 Å². The monoisotopic (exact) mass is 254 g/mol. The Labute approximate surface area is 113 Å². The van der Waals surface area contributed by atoms with Gasteiger partial charge in [0, 0.05) is 18.4 Å². The third kappa shape index (κ3) is 3.41. The van der Waals surface area contributed by atoms with Crippen molar-refractivity contribution in [2.75, 3.05) is 0 Å². The molecule has 1 N–H and O–H groups in total. The summed E-state index contributed by atoms with van der Waals surface area (Å²) in [5.41, 5.74) is 3.79. The Morgan fingerprint density at radius 2 is 1.84 bits per heavy atom. The van der Waals surface area contributed by atoms with E-state index in [2.05, 4.69) is 41.5 Å². The molecule has 1 heterocycles. The molecule has 3 heteroatoms. The molecule has 0 atom stereocenters. The fourth-order valence-corrected chi connectivity index (χ4v) is 1.89. The zero-order valence-electron chi connectivity index (χ0n) is 11.3. The minimum Gasteiger partial charge on any atom is -0.348 e. The molecule has 3 nitrogen and oxygen atoms in total. The van der Waals surface area contributed by atoms with Crippen molar-refractivity contribution in [3.8, 4) is 0 Å². The fourth-order valence-electron chi connectivity index (χ4n) is 1.89. The maximum Gasteiger partial charge on any atom is 0.253 e. The molecule has 1 aromatic heterocycles. The molecule has 0 fully saturated rings. The summed E-state index contributed by atoms with van der Waals surface area (Å²) < 4.78 is 0. The fraction of sp³-hybridized carbons (Fsp3) is 0.250. The highest BCUT2D eigenvalue weighted by Gasteiger charge is 2.08. The van der Waals surface area contributed by atoms with E-state index in [-0.39, 0.29) is 5.91 Å². The lowest BCUT2D eigenvalue weighted by atomic mass is 10.1. The highest BCUT2D eigenvalue weighted by molar-refractivity contribution is 5.95. The summed E-state index contributed by atoms with van der Waals surface area (Å²) in [4.78, 5) is 16.1. The van der Waals surface area contributed by atoms with E-state index >= 15 is 0 Å². The van der Waals surface area contributed by atoms with Gasteiger partial charge in [0.1, 0.15) is 0 Å². The van der Waals surface area contributed by atoms with E-state index in [0.29, 0.717) is 12.1 Å². The average Bonchev–Trinajstić information content (AvgIpc) is 2.46. The Morgan fingerprint density at radius 3 is 2.47 bits per heavy atom. The molecule has 2 rings (SSSR count). The Morgan fingerprint density at radius 1 is 1.16 bits per heavy atom. The first-order valence-corrected chi connectivity index (χ1v) is 6.48. The maximum absolute atomic E-state index is 12.0. The minimum absolute atomic E-state index is 0.0785. The smallest absolute Gasteiger partial charge is 0.253 e. The summed E-state index contributed by atoms with van der Waals surface area (Å²) in [6, 6.07) is 11.9. The Kier molecular flexibility index (Phi) is 4.29. The van der Waals surface area contributed by atoms with E-state index in [0.717, 1.165) is 17.7 Å². The summed E-state index contributed by atoms with van der Waals surface area (Å²) in [5, 5.41) is 2.91. The number of nitrogens with zero attached hydrogens (tertiary/aromatic N) is 1. The van der Waals surface area contributed by atoms with Crippen molar-refractivity contribution in [1.29, 1.82) is 0 Å². The van der Waals surface area contributed by atoms with E-state index in [1.807, 2.05) is 6.92 Å². The molecular formula is C16H18N2O. The van der Waals surface area contributed by atoms with Crippen LogP contribution in [0.2, 0.25) is 0 Å². The second-order valence-corrected chi connectivity index (χ2v) is 4.49. The van der Waals surface area contributed by atoms with E-state index in [1.165, 1.54) is 5.56 Å². The van der Waals surface area contributed by atoms with Gasteiger partial charge in [0.2, 0.25) is 0 Å². The van der Waals surface area contributed by atoms with Crippen LogP contribution in [-0.4, -0.2) is 10.9 Å². The molecule has 0 bridgehead atoms. The molecule has 0 aliphatic rings. The lowest BCUT2D eigenvalue weighted by molar-refractivity contribution is 0.0950. The zero-order chi connectivity index (χ0) is 13.7. The summed E-state index contributed by atoms with van der Waals surface area (Å²) in [7, 11) is 0. The lowest BCUT2D eigenvalue weighted by Gasteiger charge is -2.07. The third-order valence-electron chi connectivity index (χ3n) is 3.14. The largest absolute Gasteiger partial charge is 0.348 e. The first-order chi connectivity index (χ1) is 9.20. The Balaban J connectivity index is 1.98. The van der Waals surface area contributed by atoms with E-state index < -0.39 is 0 Å².